The number of rotatable bonds is 4. The van der Waals surface area contributed by atoms with Gasteiger partial charge in [0, 0.05) is 18.5 Å². The molecule has 126 valence electrons. The molecule has 1 aromatic carbocycles. The fourth-order valence-corrected chi connectivity index (χ4v) is 3.08. The number of halogens is 3. The first-order chi connectivity index (χ1) is 10.9. The Morgan fingerprint density at radius 2 is 1.78 bits per heavy atom. The van der Waals surface area contributed by atoms with Crippen LogP contribution in [0.2, 0.25) is 0 Å². The molecule has 2 fully saturated rings. The molecule has 23 heavy (non-hydrogen) atoms. The average molecular weight is 326 g/mol. The van der Waals surface area contributed by atoms with Gasteiger partial charge in [-0.1, -0.05) is 18.2 Å². The lowest BCUT2D eigenvalue weighted by molar-refractivity contribution is -0.138. The molecule has 1 heterocycles. The van der Waals surface area contributed by atoms with Crippen LogP contribution in [-0.2, 0) is 17.5 Å². The molecule has 3 nitrogen and oxygen atoms in total. The first-order valence-electron chi connectivity index (χ1n) is 8.11. The van der Waals surface area contributed by atoms with Crippen LogP contribution in [0.15, 0.2) is 24.3 Å². The van der Waals surface area contributed by atoms with Crippen molar-refractivity contribution in [2.75, 3.05) is 13.1 Å². The molecule has 0 atom stereocenters. The summed E-state index contributed by atoms with van der Waals surface area (Å²) < 4.78 is 39.1. The Balaban J connectivity index is 1.55. The lowest BCUT2D eigenvalue weighted by atomic mass is 9.95. The van der Waals surface area contributed by atoms with Crippen molar-refractivity contribution in [1.29, 1.82) is 0 Å². The molecule has 0 spiro atoms. The van der Waals surface area contributed by atoms with Crippen LogP contribution in [-0.4, -0.2) is 29.9 Å². The lowest BCUT2D eigenvalue weighted by Gasteiger charge is -2.31. The van der Waals surface area contributed by atoms with Crippen molar-refractivity contribution >= 4 is 5.91 Å². The number of likely N-dealkylation sites (tertiary alicyclic amines) is 1. The Morgan fingerprint density at radius 1 is 1.13 bits per heavy atom. The normalized spacial score (nSPS) is 20.5. The van der Waals surface area contributed by atoms with Crippen LogP contribution in [0.3, 0.4) is 0 Å². The molecule has 0 radical (unpaired) electrons. The summed E-state index contributed by atoms with van der Waals surface area (Å²) in [5.41, 5.74) is -0.255. The SMILES string of the molecule is O=C(NC1CC1)C1CCN(Cc2ccccc2C(F)(F)F)CC1. The third-order valence-electron chi connectivity index (χ3n) is 4.60. The Morgan fingerprint density at radius 3 is 2.39 bits per heavy atom. The van der Waals surface area contributed by atoms with E-state index in [1.807, 2.05) is 4.90 Å². The number of amides is 1. The highest BCUT2D eigenvalue weighted by Crippen LogP contribution is 2.33. The van der Waals surface area contributed by atoms with E-state index in [0.717, 1.165) is 18.9 Å². The molecule has 0 bridgehead atoms. The third-order valence-corrected chi connectivity index (χ3v) is 4.60. The second-order valence-electron chi connectivity index (χ2n) is 6.49. The van der Waals surface area contributed by atoms with E-state index in [-0.39, 0.29) is 18.4 Å². The topological polar surface area (TPSA) is 32.3 Å². The molecule has 1 aliphatic heterocycles. The minimum absolute atomic E-state index is 0.00436. The van der Waals surface area contributed by atoms with Gasteiger partial charge >= 0.3 is 6.18 Å². The highest BCUT2D eigenvalue weighted by Gasteiger charge is 2.34. The summed E-state index contributed by atoms with van der Waals surface area (Å²) >= 11 is 0. The van der Waals surface area contributed by atoms with Crippen LogP contribution in [0.25, 0.3) is 0 Å². The highest BCUT2D eigenvalue weighted by molar-refractivity contribution is 5.79. The molecule has 2 aliphatic rings. The molecule has 1 saturated carbocycles. The second-order valence-corrected chi connectivity index (χ2v) is 6.49. The van der Waals surface area contributed by atoms with E-state index < -0.39 is 11.7 Å². The number of carbonyl (C=O) groups excluding carboxylic acids is 1. The van der Waals surface area contributed by atoms with E-state index in [1.54, 1.807) is 6.07 Å². The number of alkyl halides is 3. The number of nitrogens with zero attached hydrogens (tertiary/aromatic N) is 1. The standard InChI is InChI=1S/C17H21F3N2O/c18-17(19,20)15-4-2-1-3-13(15)11-22-9-7-12(8-10-22)16(23)21-14-5-6-14/h1-4,12,14H,5-11H2,(H,21,23). The minimum atomic E-state index is -4.32. The van der Waals surface area contributed by atoms with Crippen LogP contribution >= 0.6 is 0 Å². The van der Waals surface area contributed by atoms with Crippen molar-refractivity contribution in [3.8, 4) is 0 Å². The molecule has 1 saturated heterocycles. The number of hydrogen-bond acceptors (Lipinski definition) is 2. The highest BCUT2D eigenvalue weighted by atomic mass is 19.4. The van der Waals surface area contributed by atoms with Crippen LogP contribution in [0.4, 0.5) is 13.2 Å². The zero-order valence-corrected chi connectivity index (χ0v) is 12.9. The monoisotopic (exact) mass is 326 g/mol. The predicted molar refractivity (Wildman–Crippen MR) is 80.6 cm³/mol. The molecule has 0 aromatic heterocycles. The lowest BCUT2D eigenvalue weighted by Crippen LogP contribution is -2.41. The molecular formula is C17H21F3N2O. The van der Waals surface area contributed by atoms with Crippen molar-refractivity contribution in [3.63, 3.8) is 0 Å². The first-order valence-corrected chi connectivity index (χ1v) is 8.11. The second kappa shape index (κ2) is 6.51. The van der Waals surface area contributed by atoms with E-state index in [4.69, 9.17) is 0 Å². The maximum Gasteiger partial charge on any atom is 0.416 e. The fraction of sp³-hybridized carbons (Fsp3) is 0.588. The summed E-state index contributed by atoms with van der Waals surface area (Å²) in [7, 11) is 0. The number of carbonyl (C=O) groups is 1. The van der Waals surface area contributed by atoms with E-state index in [1.165, 1.54) is 12.1 Å². The summed E-state index contributed by atoms with van der Waals surface area (Å²) in [6, 6.07) is 6.08. The summed E-state index contributed by atoms with van der Waals surface area (Å²) in [6.07, 6.45) is -0.754. The van der Waals surface area contributed by atoms with Crippen LogP contribution in [0, 0.1) is 5.92 Å². The molecule has 1 aliphatic carbocycles. The molecule has 1 amide bonds. The van der Waals surface area contributed by atoms with Crippen LogP contribution < -0.4 is 5.32 Å². The summed E-state index contributed by atoms with van der Waals surface area (Å²) in [5, 5.41) is 3.01. The van der Waals surface area contributed by atoms with Crippen molar-refractivity contribution in [3.05, 3.63) is 35.4 Å². The molecule has 6 heteroatoms. The molecule has 3 rings (SSSR count). The molecule has 1 N–H and O–H groups in total. The molecule has 1 aromatic rings. The Kier molecular flexibility index (Phi) is 4.62. The van der Waals surface area contributed by atoms with E-state index in [2.05, 4.69) is 5.32 Å². The van der Waals surface area contributed by atoms with Gasteiger partial charge in [0.2, 0.25) is 5.91 Å². The average Bonchev–Trinajstić information content (AvgIpc) is 3.31. The van der Waals surface area contributed by atoms with Crippen molar-refractivity contribution in [1.82, 2.24) is 10.2 Å². The van der Waals surface area contributed by atoms with E-state index in [9.17, 15) is 18.0 Å². The van der Waals surface area contributed by atoms with Crippen LogP contribution in [0.1, 0.15) is 36.8 Å². The van der Waals surface area contributed by atoms with Gasteiger partial charge in [-0.05, 0) is 50.4 Å². The van der Waals surface area contributed by atoms with Gasteiger partial charge in [0.05, 0.1) is 5.56 Å². The Labute approximate surface area is 133 Å². The van der Waals surface area contributed by atoms with Crippen molar-refractivity contribution in [2.24, 2.45) is 5.92 Å². The summed E-state index contributed by atoms with van der Waals surface area (Å²) in [6.45, 7) is 1.61. The summed E-state index contributed by atoms with van der Waals surface area (Å²) in [5.74, 6) is 0.118. The van der Waals surface area contributed by atoms with E-state index >= 15 is 0 Å². The summed E-state index contributed by atoms with van der Waals surface area (Å²) in [4.78, 5) is 14.0. The Bertz CT molecular complexity index is 561. The van der Waals surface area contributed by atoms with Gasteiger partial charge in [0.25, 0.3) is 0 Å². The van der Waals surface area contributed by atoms with Gasteiger partial charge in [0.15, 0.2) is 0 Å². The van der Waals surface area contributed by atoms with Crippen LogP contribution in [0.5, 0.6) is 0 Å². The van der Waals surface area contributed by atoms with Crippen molar-refractivity contribution in [2.45, 2.75) is 44.4 Å². The quantitative estimate of drug-likeness (QED) is 0.921. The number of nitrogens with one attached hydrogen (secondary N) is 1. The maximum atomic E-state index is 13.0. The maximum absolute atomic E-state index is 13.0. The van der Waals surface area contributed by atoms with Gasteiger partial charge in [-0.2, -0.15) is 13.2 Å². The first kappa shape index (κ1) is 16.3. The Hall–Kier alpha value is -1.56. The molecule has 0 unspecified atom stereocenters. The molecular weight excluding hydrogens is 305 g/mol. The predicted octanol–water partition coefficient (Wildman–Crippen LogP) is 3.20. The largest absolute Gasteiger partial charge is 0.416 e. The zero-order chi connectivity index (χ0) is 16.4. The van der Waals surface area contributed by atoms with Gasteiger partial charge in [0.1, 0.15) is 0 Å². The van der Waals surface area contributed by atoms with Gasteiger partial charge < -0.3 is 5.32 Å². The van der Waals surface area contributed by atoms with Gasteiger partial charge in [-0.3, -0.25) is 9.69 Å². The third kappa shape index (κ3) is 4.25. The fourth-order valence-electron chi connectivity index (χ4n) is 3.08. The number of piperidine rings is 1. The minimum Gasteiger partial charge on any atom is -0.353 e. The zero-order valence-electron chi connectivity index (χ0n) is 12.9. The van der Waals surface area contributed by atoms with Crippen molar-refractivity contribution < 1.29 is 18.0 Å². The van der Waals surface area contributed by atoms with E-state index in [0.29, 0.717) is 37.5 Å². The van der Waals surface area contributed by atoms with Gasteiger partial charge in [-0.25, -0.2) is 0 Å². The smallest absolute Gasteiger partial charge is 0.353 e. The van der Waals surface area contributed by atoms with Gasteiger partial charge in [-0.15, -0.1) is 0 Å². The number of hydrogen-bond donors (Lipinski definition) is 1. The number of benzene rings is 1.